The molecule has 1 aromatic carbocycles. The zero-order valence-corrected chi connectivity index (χ0v) is 16.6. The summed E-state index contributed by atoms with van der Waals surface area (Å²) in [4.78, 5) is 25.8. The van der Waals surface area contributed by atoms with Gasteiger partial charge in [0, 0.05) is 24.2 Å². The Kier molecular flexibility index (Phi) is 6.20. The number of ether oxygens (including phenoxy) is 1. The van der Waals surface area contributed by atoms with E-state index in [1.54, 1.807) is 33.8 Å². The number of halogens is 1. The molecule has 2 rings (SSSR count). The van der Waals surface area contributed by atoms with Gasteiger partial charge in [-0.1, -0.05) is 25.2 Å². The minimum absolute atomic E-state index is 0.00807. The second-order valence-corrected chi connectivity index (χ2v) is 7.49. The molecule has 1 aromatic rings. The molecule has 0 fully saturated rings. The topological polar surface area (TPSA) is 78.9 Å². The number of imide groups is 1. The van der Waals surface area contributed by atoms with Crippen LogP contribution in [0.4, 0.5) is 14.9 Å². The molecule has 27 heavy (non-hydrogen) atoms. The highest BCUT2D eigenvalue weighted by Gasteiger charge is 2.36. The molecule has 146 valence electrons. The first-order valence-electron chi connectivity index (χ1n) is 8.60. The highest BCUT2D eigenvalue weighted by atomic mass is 32.1. The molecule has 2 amide bonds. The summed E-state index contributed by atoms with van der Waals surface area (Å²) in [7, 11) is 0. The van der Waals surface area contributed by atoms with Crippen LogP contribution in [-0.2, 0) is 16.0 Å². The maximum atomic E-state index is 13.9. The molecule has 1 heterocycles. The lowest BCUT2D eigenvalue weighted by Gasteiger charge is -2.30. The van der Waals surface area contributed by atoms with Crippen LogP contribution in [0.5, 0.6) is 0 Å². The van der Waals surface area contributed by atoms with E-state index in [2.05, 4.69) is 5.32 Å². The monoisotopic (exact) mass is 394 g/mol. The van der Waals surface area contributed by atoms with Gasteiger partial charge < -0.3 is 15.2 Å². The molecule has 0 aromatic heterocycles. The largest absolute Gasteiger partial charge is 0.511 e. The molecule has 2 N–H and O–H groups in total. The Balaban J connectivity index is 2.26. The normalized spacial score (nSPS) is 15.0. The van der Waals surface area contributed by atoms with Gasteiger partial charge in [0.1, 0.15) is 27.7 Å². The van der Waals surface area contributed by atoms with Crippen LogP contribution in [0.1, 0.15) is 39.7 Å². The van der Waals surface area contributed by atoms with E-state index < -0.39 is 23.4 Å². The Bertz CT molecular complexity index is 814. The number of hydrogen-bond donors (Lipinski definition) is 2. The first-order valence-corrected chi connectivity index (χ1v) is 9.01. The third-order valence-electron chi connectivity index (χ3n) is 3.88. The van der Waals surface area contributed by atoms with Crippen molar-refractivity contribution in [3.63, 3.8) is 0 Å². The van der Waals surface area contributed by atoms with Crippen molar-refractivity contribution in [3.05, 3.63) is 40.9 Å². The maximum absolute atomic E-state index is 13.9. The zero-order chi connectivity index (χ0) is 20.4. The van der Waals surface area contributed by atoms with Crippen LogP contribution in [-0.4, -0.2) is 39.1 Å². The lowest BCUT2D eigenvalue weighted by Crippen LogP contribution is -2.46. The van der Waals surface area contributed by atoms with Crippen LogP contribution >= 0.6 is 12.2 Å². The molecule has 0 saturated heterocycles. The van der Waals surface area contributed by atoms with E-state index >= 15 is 0 Å². The van der Waals surface area contributed by atoms with Gasteiger partial charge in [0.25, 0.3) is 5.91 Å². The number of carbonyl (C=O) groups is 2. The second-order valence-electron chi connectivity index (χ2n) is 7.08. The summed E-state index contributed by atoms with van der Waals surface area (Å²) in [6.45, 7) is 6.85. The van der Waals surface area contributed by atoms with Crippen LogP contribution in [0.2, 0.25) is 0 Å². The van der Waals surface area contributed by atoms with Crippen LogP contribution in [0.15, 0.2) is 29.5 Å². The van der Waals surface area contributed by atoms with Crippen LogP contribution in [0.3, 0.4) is 0 Å². The Labute approximate surface area is 163 Å². The molecule has 8 heteroatoms. The molecule has 0 spiro atoms. The van der Waals surface area contributed by atoms with Gasteiger partial charge in [-0.2, -0.15) is 0 Å². The van der Waals surface area contributed by atoms with Crippen molar-refractivity contribution in [1.29, 1.82) is 0 Å². The summed E-state index contributed by atoms with van der Waals surface area (Å²) < 4.78 is 19.2. The quantitative estimate of drug-likeness (QED) is 0.752. The molecule has 0 unspecified atom stereocenters. The van der Waals surface area contributed by atoms with Gasteiger partial charge in [0.2, 0.25) is 0 Å². The second kappa shape index (κ2) is 8.04. The van der Waals surface area contributed by atoms with Gasteiger partial charge in [0.15, 0.2) is 0 Å². The molecule has 0 aliphatic carbocycles. The average Bonchev–Trinajstić information content (AvgIpc) is 2.53. The highest BCUT2D eigenvalue weighted by Crippen LogP contribution is 2.25. The van der Waals surface area contributed by atoms with E-state index in [0.29, 0.717) is 17.7 Å². The van der Waals surface area contributed by atoms with Gasteiger partial charge in [0.05, 0.1) is 0 Å². The van der Waals surface area contributed by atoms with E-state index in [1.165, 1.54) is 12.1 Å². The third-order valence-corrected chi connectivity index (χ3v) is 4.19. The van der Waals surface area contributed by atoms with E-state index in [-0.39, 0.29) is 29.3 Å². The van der Waals surface area contributed by atoms with Gasteiger partial charge >= 0.3 is 6.09 Å². The van der Waals surface area contributed by atoms with E-state index in [9.17, 15) is 19.1 Å². The number of nitrogens with zero attached hydrogens (tertiary/aromatic N) is 1. The predicted octanol–water partition coefficient (Wildman–Crippen LogP) is 4.11. The van der Waals surface area contributed by atoms with Crippen molar-refractivity contribution < 1.29 is 23.8 Å². The molecule has 1 aliphatic heterocycles. The molecule has 0 bridgehead atoms. The summed E-state index contributed by atoms with van der Waals surface area (Å²) in [5.41, 5.74) is -0.137. The summed E-state index contributed by atoms with van der Waals surface area (Å²) in [6, 6.07) is 4.48. The first-order chi connectivity index (χ1) is 12.5. The molecule has 6 nitrogen and oxygen atoms in total. The van der Waals surface area contributed by atoms with Gasteiger partial charge in [-0.15, -0.1) is 0 Å². The smallest absolute Gasteiger partial charge is 0.417 e. The van der Waals surface area contributed by atoms with Crippen molar-refractivity contribution in [2.45, 2.75) is 46.1 Å². The predicted molar refractivity (Wildman–Crippen MR) is 104 cm³/mol. The van der Waals surface area contributed by atoms with Gasteiger partial charge in [-0.3, -0.25) is 4.79 Å². The Morgan fingerprint density at radius 3 is 2.67 bits per heavy atom. The number of hydrogen-bond acceptors (Lipinski definition) is 5. The fraction of sp³-hybridized carbons (Fsp3) is 0.421. The van der Waals surface area contributed by atoms with E-state index in [4.69, 9.17) is 17.0 Å². The summed E-state index contributed by atoms with van der Waals surface area (Å²) in [5, 5.41) is 13.0. The number of aliphatic hydroxyl groups excluding tert-OH is 1. The number of aliphatic hydroxyl groups is 1. The molecular formula is C19H23FN2O4S. The van der Waals surface area contributed by atoms with Crippen LogP contribution < -0.4 is 5.32 Å². The number of anilines is 1. The molecule has 0 radical (unpaired) electrons. The third kappa shape index (κ3) is 4.82. The fourth-order valence-electron chi connectivity index (χ4n) is 2.64. The van der Waals surface area contributed by atoms with Crippen LogP contribution in [0, 0.1) is 5.82 Å². The Morgan fingerprint density at radius 2 is 2.07 bits per heavy atom. The van der Waals surface area contributed by atoms with Crippen molar-refractivity contribution >= 4 is 34.9 Å². The number of carbonyl (C=O) groups excluding carboxylic acids is 2. The Hall–Kier alpha value is -2.48. The molecule has 0 atom stereocenters. The van der Waals surface area contributed by atoms with E-state index in [0.717, 1.165) is 4.90 Å². The molecular weight excluding hydrogens is 371 g/mol. The number of benzene rings is 1. The Morgan fingerprint density at radius 1 is 1.41 bits per heavy atom. The lowest BCUT2D eigenvalue weighted by atomic mass is 10.1. The minimum Gasteiger partial charge on any atom is -0.511 e. The maximum Gasteiger partial charge on any atom is 0.417 e. The number of rotatable bonds is 3. The van der Waals surface area contributed by atoms with Crippen molar-refractivity contribution in [3.8, 4) is 0 Å². The summed E-state index contributed by atoms with van der Waals surface area (Å²) >= 11 is 5.26. The molecule has 0 saturated carbocycles. The van der Waals surface area contributed by atoms with Crippen molar-refractivity contribution in [2.24, 2.45) is 0 Å². The summed E-state index contributed by atoms with van der Waals surface area (Å²) in [6.07, 6.45) is -0.327. The number of amides is 2. The van der Waals surface area contributed by atoms with E-state index in [1.807, 2.05) is 0 Å². The van der Waals surface area contributed by atoms with Crippen LogP contribution in [0.25, 0.3) is 0 Å². The van der Waals surface area contributed by atoms with Gasteiger partial charge in [-0.25, -0.2) is 14.1 Å². The average molecular weight is 394 g/mol. The molecule has 1 aliphatic rings. The summed E-state index contributed by atoms with van der Waals surface area (Å²) in [5.74, 6) is -1.36. The van der Waals surface area contributed by atoms with Crippen molar-refractivity contribution in [1.82, 2.24) is 4.90 Å². The van der Waals surface area contributed by atoms with Crippen molar-refractivity contribution in [2.75, 3.05) is 11.9 Å². The minimum atomic E-state index is -0.805. The first kappa shape index (κ1) is 20.8. The highest BCUT2D eigenvalue weighted by molar-refractivity contribution is 7.81. The number of nitrogens with one attached hydrogen (secondary N) is 1. The van der Waals surface area contributed by atoms with Gasteiger partial charge in [-0.05, 0) is 39.3 Å². The standard InChI is InChI=1S/C19H23FN2O4S/c1-5-11-12(20)7-6-8-13(11)21-16(27)15-14(23)9-10-22(17(15)24)18(25)26-19(2,3)4/h6-8,23H,5,9-10H2,1-4H3,(H,21,27). The lowest BCUT2D eigenvalue weighted by molar-refractivity contribution is -0.126. The number of thiocarbonyl (C=S) groups is 1. The zero-order valence-electron chi connectivity index (χ0n) is 15.8. The SMILES string of the molecule is CCc1c(F)cccc1NC(=S)C1=C(O)CCN(C(=O)OC(C)(C)C)C1=O. The fourth-order valence-corrected chi connectivity index (χ4v) is 2.96.